The molecule has 1 aromatic heterocycles. The lowest BCUT2D eigenvalue weighted by molar-refractivity contribution is 0.103. The van der Waals surface area contributed by atoms with E-state index in [2.05, 4.69) is 4.98 Å². The lowest BCUT2D eigenvalue weighted by atomic mass is 10.0. The number of hydrogen-bond acceptors (Lipinski definition) is 3. The number of ether oxygens (including phenoxy) is 1. The molecule has 3 aromatic rings. The molecular weight excluding hydrogens is 312 g/mol. The first-order chi connectivity index (χ1) is 11.6. The molecule has 0 spiro atoms. The predicted octanol–water partition coefficient (Wildman–Crippen LogP) is 4.69. The Balaban J connectivity index is 1.89. The Bertz CT molecular complexity index is 895. The van der Waals surface area contributed by atoms with E-state index in [-0.39, 0.29) is 23.0 Å². The highest BCUT2D eigenvalue weighted by Crippen LogP contribution is 2.26. The molecule has 0 radical (unpaired) electrons. The zero-order valence-electron chi connectivity index (χ0n) is 12.8. The van der Waals surface area contributed by atoms with Crippen molar-refractivity contribution in [2.24, 2.45) is 0 Å². The van der Waals surface area contributed by atoms with Gasteiger partial charge in [0.25, 0.3) is 5.88 Å². The fraction of sp³-hybridized carbons (Fsp3) is 0.0526. The van der Waals surface area contributed by atoms with Gasteiger partial charge in [0, 0.05) is 16.7 Å². The van der Waals surface area contributed by atoms with E-state index in [0.29, 0.717) is 11.1 Å². The second-order valence-electron chi connectivity index (χ2n) is 5.18. The second kappa shape index (κ2) is 6.58. The topological polar surface area (TPSA) is 39.2 Å². The van der Waals surface area contributed by atoms with Gasteiger partial charge < -0.3 is 4.74 Å². The van der Waals surface area contributed by atoms with Gasteiger partial charge in [-0.3, -0.25) is 4.79 Å². The number of carbonyl (C=O) groups excluding carboxylic acids is 1. The highest BCUT2D eigenvalue weighted by Gasteiger charge is 2.15. The summed E-state index contributed by atoms with van der Waals surface area (Å²) in [4.78, 5) is 16.0. The van der Waals surface area contributed by atoms with Gasteiger partial charge in [-0.05, 0) is 19.1 Å². The molecule has 2 aromatic carbocycles. The average Bonchev–Trinajstić information content (AvgIpc) is 2.62. The number of pyridine rings is 1. The van der Waals surface area contributed by atoms with Crippen LogP contribution in [-0.2, 0) is 0 Å². The normalized spacial score (nSPS) is 10.5. The minimum Gasteiger partial charge on any atom is -0.436 e. The Hall–Kier alpha value is -3.08. The first-order valence-corrected chi connectivity index (χ1v) is 7.24. The number of carbonyl (C=O) groups is 1. The summed E-state index contributed by atoms with van der Waals surface area (Å²) in [6, 6.07) is 15.1. The third-order valence-corrected chi connectivity index (χ3v) is 3.52. The van der Waals surface area contributed by atoms with Crippen LogP contribution in [0, 0.1) is 18.6 Å². The zero-order chi connectivity index (χ0) is 17.1. The lowest BCUT2D eigenvalue weighted by Crippen LogP contribution is -2.02. The number of benzene rings is 2. The molecule has 120 valence electrons. The molecule has 5 heteroatoms. The second-order valence-corrected chi connectivity index (χ2v) is 5.18. The molecule has 0 unspecified atom stereocenters. The highest BCUT2D eigenvalue weighted by atomic mass is 19.1. The van der Waals surface area contributed by atoms with Crippen molar-refractivity contribution in [3.63, 3.8) is 0 Å². The molecular formula is C19H13F2NO2. The van der Waals surface area contributed by atoms with Gasteiger partial charge in [0.05, 0.1) is 6.20 Å². The van der Waals surface area contributed by atoms with E-state index in [1.807, 2.05) is 6.07 Å². The molecule has 0 atom stereocenters. The summed E-state index contributed by atoms with van der Waals surface area (Å²) in [5, 5.41) is 0. The van der Waals surface area contributed by atoms with E-state index in [1.165, 1.54) is 13.0 Å². The Morgan fingerprint density at radius 3 is 2.46 bits per heavy atom. The van der Waals surface area contributed by atoms with Gasteiger partial charge in [-0.25, -0.2) is 13.8 Å². The summed E-state index contributed by atoms with van der Waals surface area (Å²) < 4.78 is 32.6. The monoisotopic (exact) mass is 325 g/mol. The van der Waals surface area contributed by atoms with Crippen molar-refractivity contribution in [2.75, 3.05) is 0 Å². The number of aromatic nitrogens is 1. The molecule has 0 amide bonds. The van der Waals surface area contributed by atoms with Crippen LogP contribution in [0.25, 0.3) is 0 Å². The zero-order valence-corrected chi connectivity index (χ0v) is 12.8. The van der Waals surface area contributed by atoms with Crippen molar-refractivity contribution in [1.82, 2.24) is 4.98 Å². The average molecular weight is 325 g/mol. The van der Waals surface area contributed by atoms with Crippen molar-refractivity contribution >= 4 is 5.78 Å². The fourth-order valence-corrected chi connectivity index (χ4v) is 2.17. The molecule has 3 nitrogen and oxygen atoms in total. The van der Waals surface area contributed by atoms with Crippen LogP contribution in [-0.4, -0.2) is 10.8 Å². The summed E-state index contributed by atoms with van der Waals surface area (Å²) in [5.41, 5.74) is 0.769. The van der Waals surface area contributed by atoms with Crippen LogP contribution in [0.15, 0.2) is 60.8 Å². The van der Waals surface area contributed by atoms with E-state index in [1.54, 1.807) is 42.5 Å². The molecule has 0 bridgehead atoms. The van der Waals surface area contributed by atoms with E-state index >= 15 is 0 Å². The minimum absolute atomic E-state index is 0.170. The molecule has 0 N–H and O–H groups in total. The van der Waals surface area contributed by atoms with Crippen LogP contribution in [0.2, 0.25) is 0 Å². The van der Waals surface area contributed by atoms with Gasteiger partial charge in [-0.1, -0.05) is 42.5 Å². The largest absolute Gasteiger partial charge is 0.436 e. The number of ketones is 1. The smallest absolute Gasteiger partial charge is 0.256 e. The van der Waals surface area contributed by atoms with E-state index < -0.39 is 11.6 Å². The number of nitrogens with zero attached hydrogens (tertiary/aromatic N) is 1. The van der Waals surface area contributed by atoms with Gasteiger partial charge >= 0.3 is 0 Å². The Morgan fingerprint density at radius 1 is 1.00 bits per heavy atom. The Labute approximate surface area is 137 Å². The molecule has 0 aliphatic rings. The van der Waals surface area contributed by atoms with Crippen LogP contribution >= 0.6 is 0 Å². The van der Waals surface area contributed by atoms with E-state index in [4.69, 9.17) is 4.74 Å². The van der Waals surface area contributed by atoms with Gasteiger partial charge in [-0.15, -0.1) is 0 Å². The predicted molar refractivity (Wildman–Crippen MR) is 85.3 cm³/mol. The van der Waals surface area contributed by atoms with Crippen molar-refractivity contribution < 1.29 is 18.3 Å². The third kappa shape index (κ3) is 3.15. The maximum atomic E-state index is 14.0. The fourth-order valence-electron chi connectivity index (χ4n) is 2.17. The van der Waals surface area contributed by atoms with Crippen molar-refractivity contribution in [3.8, 4) is 11.6 Å². The molecule has 0 aliphatic heterocycles. The van der Waals surface area contributed by atoms with Gasteiger partial charge in [-0.2, -0.15) is 0 Å². The van der Waals surface area contributed by atoms with Crippen molar-refractivity contribution in [3.05, 3.63) is 89.1 Å². The molecule has 0 aliphatic carbocycles. The van der Waals surface area contributed by atoms with Crippen LogP contribution in [0.3, 0.4) is 0 Å². The summed E-state index contributed by atoms with van der Waals surface area (Å²) in [6.07, 6.45) is 0.896. The SMILES string of the molecule is Cc1c(F)cnc(Oc2cccc(C(=O)c3ccccc3)c2)c1F. The van der Waals surface area contributed by atoms with Crippen molar-refractivity contribution in [2.45, 2.75) is 6.92 Å². The van der Waals surface area contributed by atoms with Gasteiger partial charge in [0.2, 0.25) is 0 Å². The van der Waals surface area contributed by atoms with Gasteiger partial charge in [0.1, 0.15) is 11.6 Å². The molecule has 0 saturated carbocycles. The first-order valence-electron chi connectivity index (χ1n) is 7.24. The maximum Gasteiger partial charge on any atom is 0.256 e. The molecule has 1 heterocycles. The van der Waals surface area contributed by atoms with E-state index in [9.17, 15) is 13.6 Å². The van der Waals surface area contributed by atoms with Crippen LogP contribution in [0.4, 0.5) is 8.78 Å². The summed E-state index contributed by atoms with van der Waals surface area (Å²) in [5.74, 6) is -1.88. The van der Waals surface area contributed by atoms with Crippen LogP contribution in [0.1, 0.15) is 21.5 Å². The molecule has 3 rings (SSSR count). The highest BCUT2D eigenvalue weighted by molar-refractivity contribution is 6.09. The first kappa shape index (κ1) is 15.8. The van der Waals surface area contributed by atoms with Gasteiger partial charge in [0.15, 0.2) is 11.6 Å². The van der Waals surface area contributed by atoms with Crippen molar-refractivity contribution in [1.29, 1.82) is 0 Å². The maximum absolute atomic E-state index is 14.0. The van der Waals surface area contributed by atoms with Crippen LogP contribution in [0.5, 0.6) is 11.6 Å². The van der Waals surface area contributed by atoms with Crippen LogP contribution < -0.4 is 4.74 Å². The Morgan fingerprint density at radius 2 is 1.71 bits per heavy atom. The summed E-state index contributed by atoms with van der Waals surface area (Å²) >= 11 is 0. The number of hydrogen-bond donors (Lipinski definition) is 0. The van der Waals surface area contributed by atoms with E-state index in [0.717, 1.165) is 6.20 Å². The molecule has 0 fully saturated rings. The lowest BCUT2D eigenvalue weighted by Gasteiger charge is -2.09. The third-order valence-electron chi connectivity index (χ3n) is 3.52. The standard InChI is InChI=1S/C19H13F2NO2/c1-12-16(20)11-22-19(17(12)21)24-15-9-5-8-14(10-15)18(23)13-6-3-2-4-7-13/h2-11H,1H3. The number of rotatable bonds is 4. The number of halogens is 2. The molecule has 0 saturated heterocycles. The quantitative estimate of drug-likeness (QED) is 0.653. The minimum atomic E-state index is -0.866. The summed E-state index contributed by atoms with van der Waals surface area (Å²) in [7, 11) is 0. The summed E-state index contributed by atoms with van der Waals surface area (Å²) in [6.45, 7) is 1.30. The molecule has 24 heavy (non-hydrogen) atoms. The Kier molecular flexibility index (Phi) is 4.33.